The summed E-state index contributed by atoms with van der Waals surface area (Å²) in [6, 6.07) is 5.34. The number of fused-ring (bicyclic) bond motifs is 1. The van der Waals surface area contributed by atoms with Gasteiger partial charge in [0.05, 0.1) is 29.1 Å². The van der Waals surface area contributed by atoms with Crippen LogP contribution in [0.2, 0.25) is 5.02 Å². The number of methoxy groups -OCH3 is 1. The van der Waals surface area contributed by atoms with Gasteiger partial charge < -0.3 is 14.7 Å². The summed E-state index contributed by atoms with van der Waals surface area (Å²) in [5.74, 6) is -0.208. The van der Waals surface area contributed by atoms with Crippen LogP contribution >= 0.6 is 22.9 Å². The van der Waals surface area contributed by atoms with Crippen LogP contribution in [-0.4, -0.2) is 52.7 Å². The monoisotopic (exact) mass is 533 g/mol. The number of aliphatic carboxylic acids is 1. The Morgan fingerprint density at radius 3 is 2.81 bits per heavy atom. The van der Waals surface area contributed by atoms with Crippen molar-refractivity contribution in [2.45, 2.75) is 57.5 Å². The van der Waals surface area contributed by atoms with Crippen LogP contribution in [-0.2, 0) is 11.2 Å². The number of thiazole rings is 1. The Labute approximate surface area is 220 Å². The smallest absolute Gasteiger partial charge is 0.303 e. The van der Waals surface area contributed by atoms with Crippen LogP contribution in [0.5, 0.6) is 5.75 Å². The summed E-state index contributed by atoms with van der Waals surface area (Å²) in [6.45, 7) is 2.69. The predicted molar refractivity (Wildman–Crippen MR) is 142 cm³/mol. The zero-order valence-corrected chi connectivity index (χ0v) is 22.2. The largest absolute Gasteiger partial charge is 0.497 e. The van der Waals surface area contributed by atoms with Gasteiger partial charge in [-0.25, -0.2) is 9.37 Å². The number of aryl methyl sites for hydroxylation is 1. The summed E-state index contributed by atoms with van der Waals surface area (Å²) < 4.78 is 21.0. The van der Waals surface area contributed by atoms with Crippen LogP contribution in [0.25, 0.3) is 10.9 Å². The van der Waals surface area contributed by atoms with Crippen LogP contribution in [0, 0.1) is 5.41 Å². The second kappa shape index (κ2) is 12.3. The van der Waals surface area contributed by atoms with Gasteiger partial charge in [0.15, 0.2) is 0 Å². The molecule has 3 aromatic rings. The van der Waals surface area contributed by atoms with E-state index in [0.29, 0.717) is 28.6 Å². The number of alkyl halides is 1. The maximum absolute atomic E-state index is 15.7. The van der Waals surface area contributed by atoms with Crippen molar-refractivity contribution >= 4 is 39.8 Å². The molecule has 0 aliphatic carbocycles. The lowest BCUT2D eigenvalue weighted by Gasteiger charge is -2.41. The van der Waals surface area contributed by atoms with Crippen molar-refractivity contribution in [2.75, 3.05) is 26.7 Å². The number of hydrogen-bond donors (Lipinski definition) is 1. The standard InChI is InChI=1S/C27H33ClFN3O3S/c1-35-19-5-6-23-20(16-19)26(21(28)18-31-23)22(29)7-8-27(17-25(33)34)9-13-32(14-10-27)12-3-2-4-24-30-11-15-36-24/h5-6,11,15-16,18,22H,2-4,7-10,12-14,17H2,1H3,(H,33,34)/t22-/m0/s1. The van der Waals surface area contributed by atoms with Crippen LogP contribution < -0.4 is 4.74 Å². The molecule has 9 heteroatoms. The molecule has 4 rings (SSSR count). The van der Waals surface area contributed by atoms with Gasteiger partial charge in [-0.05, 0) is 88.2 Å². The molecule has 2 aromatic heterocycles. The summed E-state index contributed by atoms with van der Waals surface area (Å²) in [5, 5.41) is 13.7. The fourth-order valence-electron chi connectivity index (χ4n) is 5.27. The Kier molecular flexibility index (Phi) is 9.14. The predicted octanol–water partition coefficient (Wildman–Crippen LogP) is 6.72. The van der Waals surface area contributed by atoms with E-state index in [1.165, 1.54) is 11.2 Å². The topological polar surface area (TPSA) is 75.6 Å². The summed E-state index contributed by atoms with van der Waals surface area (Å²) in [4.78, 5) is 22.8. The number of benzene rings is 1. The van der Waals surface area contributed by atoms with Gasteiger partial charge in [-0.3, -0.25) is 9.78 Å². The summed E-state index contributed by atoms with van der Waals surface area (Å²) in [6.07, 6.45) is 7.52. The van der Waals surface area contributed by atoms with E-state index in [-0.39, 0.29) is 17.9 Å². The van der Waals surface area contributed by atoms with Gasteiger partial charge in [0.25, 0.3) is 0 Å². The third kappa shape index (κ3) is 6.72. The number of pyridine rings is 1. The number of piperidine rings is 1. The first-order valence-corrected chi connectivity index (χ1v) is 13.7. The molecule has 1 aliphatic rings. The third-order valence-electron chi connectivity index (χ3n) is 7.35. The number of ether oxygens (including phenoxy) is 1. The number of carbonyl (C=O) groups is 1. The number of likely N-dealkylation sites (tertiary alicyclic amines) is 1. The first-order valence-electron chi connectivity index (χ1n) is 12.5. The van der Waals surface area contributed by atoms with Crippen molar-refractivity contribution < 1.29 is 19.0 Å². The molecule has 1 aliphatic heterocycles. The molecule has 1 saturated heterocycles. The average Bonchev–Trinajstić information content (AvgIpc) is 3.39. The zero-order chi connectivity index (χ0) is 25.5. The Morgan fingerprint density at radius 2 is 2.11 bits per heavy atom. The molecule has 3 heterocycles. The van der Waals surface area contributed by atoms with Crippen molar-refractivity contribution in [3.63, 3.8) is 0 Å². The van der Waals surface area contributed by atoms with Gasteiger partial charge >= 0.3 is 5.97 Å². The first kappa shape index (κ1) is 26.8. The molecule has 0 bridgehead atoms. The second-order valence-electron chi connectivity index (χ2n) is 9.70. The molecule has 1 atom stereocenters. The van der Waals surface area contributed by atoms with Crippen molar-refractivity contribution in [3.05, 3.63) is 51.6 Å². The molecule has 0 saturated carbocycles. The number of halogens is 2. The molecule has 0 spiro atoms. The van der Waals surface area contributed by atoms with E-state index < -0.39 is 17.6 Å². The Morgan fingerprint density at radius 1 is 1.31 bits per heavy atom. The average molecular weight is 534 g/mol. The van der Waals surface area contributed by atoms with Crippen molar-refractivity contribution in [3.8, 4) is 5.75 Å². The van der Waals surface area contributed by atoms with E-state index in [4.69, 9.17) is 16.3 Å². The van der Waals surface area contributed by atoms with Crippen LogP contribution in [0.3, 0.4) is 0 Å². The van der Waals surface area contributed by atoms with Gasteiger partial charge in [-0.2, -0.15) is 0 Å². The number of unbranched alkanes of at least 4 members (excludes halogenated alkanes) is 1. The lowest BCUT2D eigenvalue weighted by atomic mass is 9.71. The highest BCUT2D eigenvalue weighted by atomic mass is 35.5. The Balaban J connectivity index is 1.37. The molecule has 6 nitrogen and oxygen atoms in total. The molecule has 36 heavy (non-hydrogen) atoms. The lowest BCUT2D eigenvalue weighted by Crippen LogP contribution is -2.41. The number of rotatable bonds is 12. The number of carboxylic acid groups (broad SMARTS) is 1. The Bertz CT molecular complexity index is 1150. The van der Waals surface area contributed by atoms with E-state index in [9.17, 15) is 9.90 Å². The van der Waals surface area contributed by atoms with Gasteiger partial charge in [0.2, 0.25) is 0 Å². The van der Waals surface area contributed by atoms with Crippen molar-refractivity contribution in [1.82, 2.24) is 14.9 Å². The normalized spacial score (nSPS) is 16.8. The molecule has 194 valence electrons. The number of carboxylic acids is 1. The minimum absolute atomic E-state index is 0.0657. The maximum atomic E-state index is 15.7. The fraction of sp³-hybridized carbons (Fsp3) is 0.519. The molecule has 0 unspecified atom stereocenters. The minimum Gasteiger partial charge on any atom is -0.497 e. The highest BCUT2D eigenvalue weighted by Crippen LogP contribution is 2.44. The number of aromatic nitrogens is 2. The van der Waals surface area contributed by atoms with E-state index in [1.54, 1.807) is 36.6 Å². The molecule has 1 aromatic carbocycles. The van der Waals surface area contributed by atoms with E-state index >= 15 is 4.39 Å². The van der Waals surface area contributed by atoms with Crippen molar-refractivity contribution in [1.29, 1.82) is 0 Å². The van der Waals surface area contributed by atoms with Gasteiger partial charge in [-0.15, -0.1) is 11.3 Å². The van der Waals surface area contributed by atoms with Crippen LogP contribution in [0.1, 0.15) is 61.7 Å². The van der Waals surface area contributed by atoms with E-state index in [1.807, 2.05) is 11.6 Å². The maximum Gasteiger partial charge on any atom is 0.303 e. The first-order chi connectivity index (χ1) is 17.4. The number of nitrogens with zero attached hydrogens (tertiary/aromatic N) is 3. The quantitative estimate of drug-likeness (QED) is 0.260. The van der Waals surface area contributed by atoms with Gasteiger partial charge in [0.1, 0.15) is 11.9 Å². The second-order valence-corrected chi connectivity index (χ2v) is 11.1. The molecular formula is C27H33ClFN3O3S. The van der Waals surface area contributed by atoms with Crippen molar-refractivity contribution in [2.24, 2.45) is 5.41 Å². The summed E-state index contributed by atoms with van der Waals surface area (Å²) in [5.41, 5.74) is 0.658. The fourth-order valence-corrected chi connectivity index (χ4v) is 6.20. The number of hydrogen-bond acceptors (Lipinski definition) is 6. The van der Waals surface area contributed by atoms with E-state index in [0.717, 1.165) is 51.7 Å². The summed E-state index contributed by atoms with van der Waals surface area (Å²) >= 11 is 8.09. The van der Waals surface area contributed by atoms with Crippen LogP contribution in [0.4, 0.5) is 4.39 Å². The van der Waals surface area contributed by atoms with E-state index in [2.05, 4.69) is 14.9 Å². The van der Waals surface area contributed by atoms with Gasteiger partial charge in [0, 0.05) is 28.7 Å². The molecule has 1 N–H and O–H groups in total. The molecule has 1 fully saturated rings. The Hall–Kier alpha value is -2.29. The SMILES string of the molecule is COc1ccc2ncc(Cl)c([C@@H](F)CCC3(CC(=O)O)CCN(CCCCc4nccs4)CC3)c2c1. The lowest BCUT2D eigenvalue weighted by molar-refractivity contribution is -0.141. The minimum atomic E-state index is -1.32. The highest BCUT2D eigenvalue weighted by molar-refractivity contribution is 7.09. The summed E-state index contributed by atoms with van der Waals surface area (Å²) in [7, 11) is 1.56. The zero-order valence-electron chi connectivity index (χ0n) is 20.6. The highest BCUT2D eigenvalue weighted by Gasteiger charge is 2.37. The molecule has 0 radical (unpaired) electrons. The van der Waals surface area contributed by atoms with Gasteiger partial charge in [-0.1, -0.05) is 11.6 Å². The van der Waals surface area contributed by atoms with Crippen LogP contribution in [0.15, 0.2) is 36.0 Å². The third-order valence-corrected chi connectivity index (χ3v) is 8.49. The molecular weight excluding hydrogens is 501 g/mol. The molecule has 0 amide bonds.